The van der Waals surface area contributed by atoms with Crippen LogP contribution in [0.1, 0.15) is 39.0 Å². The standard InChI is InChI=1S/C14H25N3OS/c1-11-10-17(9-8-16(11)2)13(18)14(12(15)19)6-4-3-5-7-14/h11H,3-10H2,1-2H3,(H2,15,19). The predicted octanol–water partition coefficient (Wildman–Crippen LogP) is 1.39. The first kappa shape index (κ1) is 14.7. The van der Waals surface area contributed by atoms with Gasteiger partial charge in [-0.05, 0) is 26.8 Å². The van der Waals surface area contributed by atoms with Crippen molar-refractivity contribution in [2.24, 2.45) is 11.1 Å². The van der Waals surface area contributed by atoms with Gasteiger partial charge >= 0.3 is 0 Å². The Labute approximate surface area is 121 Å². The molecule has 1 aliphatic carbocycles. The number of rotatable bonds is 2. The zero-order chi connectivity index (χ0) is 14.0. The maximum Gasteiger partial charge on any atom is 0.235 e. The number of nitrogens with two attached hydrogens (primary N) is 1. The average molecular weight is 283 g/mol. The Morgan fingerprint density at radius 2 is 1.89 bits per heavy atom. The normalized spacial score (nSPS) is 28.1. The molecular weight excluding hydrogens is 258 g/mol. The molecule has 0 radical (unpaired) electrons. The molecule has 108 valence electrons. The lowest BCUT2D eigenvalue weighted by molar-refractivity contribution is -0.142. The number of piperazine rings is 1. The van der Waals surface area contributed by atoms with E-state index < -0.39 is 5.41 Å². The minimum atomic E-state index is -0.552. The fourth-order valence-electron chi connectivity index (χ4n) is 3.26. The lowest BCUT2D eigenvalue weighted by atomic mass is 9.72. The van der Waals surface area contributed by atoms with Gasteiger partial charge in [-0.25, -0.2) is 0 Å². The van der Waals surface area contributed by atoms with E-state index in [9.17, 15) is 4.79 Å². The summed E-state index contributed by atoms with van der Waals surface area (Å²) < 4.78 is 0. The number of likely N-dealkylation sites (N-methyl/N-ethyl adjacent to an activating group) is 1. The summed E-state index contributed by atoms with van der Waals surface area (Å²) in [5.74, 6) is 0.180. The van der Waals surface area contributed by atoms with Crippen LogP contribution in [-0.2, 0) is 4.79 Å². The highest BCUT2D eigenvalue weighted by Gasteiger charge is 2.45. The number of thiocarbonyl (C=S) groups is 1. The van der Waals surface area contributed by atoms with Crippen LogP contribution >= 0.6 is 12.2 Å². The first-order chi connectivity index (χ1) is 8.97. The Bertz CT molecular complexity index is 366. The van der Waals surface area contributed by atoms with Gasteiger partial charge in [-0.1, -0.05) is 31.5 Å². The van der Waals surface area contributed by atoms with Crippen molar-refractivity contribution in [2.75, 3.05) is 26.7 Å². The van der Waals surface area contributed by atoms with Crippen LogP contribution in [0.3, 0.4) is 0 Å². The summed E-state index contributed by atoms with van der Waals surface area (Å²) in [6.07, 6.45) is 4.99. The number of carbonyl (C=O) groups is 1. The molecule has 1 saturated carbocycles. The van der Waals surface area contributed by atoms with Crippen molar-refractivity contribution in [1.29, 1.82) is 0 Å². The maximum atomic E-state index is 12.9. The molecule has 4 nitrogen and oxygen atoms in total. The fraction of sp³-hybridized carbons (Fsp3) is 0.857. The fourth-order valence-corrected chi connectivity index (χ4v) is 3.55. The minimum absolute atomic E-state index is 0.180. The molecule has 0 spiro atoms. The van der Waals surface area contributed by atoms with Gasteiger partial charge in [-0.3, -0.25) is 4.79 Å². The average Bonchev–Trinajstić information content (AvgIpc) is 2.41. The van der Waals surface area contributed by atoms with Crippen molar-refractivity contribution in [3.8, 4) is 0 Å². The molecule has 2 rings (SSSR count). The van der Waals surface area contributed by atoms with Gasteiger partial charge in [0.15, 0.2) is 0 Å². The second-order valence-electron chi connectivity index (χ2n) is 6.09. The molecule has 1 atom stereocenters. The van der Waals surface area contributed by atoms with Crippen molar-refractivity contribution < 1.29 is 4.79 Å². The zero-order valence-corrected chi connectivity index (χ0v) is 12.8. The van der Waals surface area contributed by atoms with Crippen LogP contribution in [0.2, 0.25) is 0 Å². The van der Waals surface area contributed by atoms with Crippen LogP contribution in [0.25, 0.3) is 0 Å². The molecular formula is C14H25N3OS. The molecule has 1 amide bonds. The molecule has 2 N–H and O–H groups in total. The van der Waals surface area contributed by atoms with E-state index in [-0.39, 0.29) is 5.91 Å². The van der Waals surface area contributed by atoms with E-state index in [1.54, 1.807) is 0 Å². The van der Waals surface area contributed by atoms with E-state index in [2.05, 4.69) is 18.9 Å². The number of nitrogens with zero attached hydrogens (tertiary/aromatic N) is 2. The van der Waals surface area contributed by atoms with Crippen molar-refractivity contribution in [3.63, 3.8) is 0 Å². The third kappa shape index (κ3) is 2.77. The lowest BCUT2D eigenvalue weighted by Gasteiger charge is -2.44. The number of carbonyl (C=O) groups excluding carboxylic acids is 1. The molecule has 2 fully saturated rings. The minimum Gasteiger partial charge on any atom is -0.392 e. The van der Waals surface area contributed by atoms with Crippen molar-refractivity contribution in [3.05, 3.63) is 0 Å². The third-order valence-electron chi connectivity index (χ3n) is 4.84. The molecule has 1 heterocycles. The highest BCUT2D eigenvalue weighted by atomic mass is 32.1. The lowest BCUT2D eigenvalue weighted by Crippen LogP contribution is -2.58. The van der Waals surface area contributed by atoms with Crippen LogP contribution in [-0.4, -0.2) is 53.4 Å². The van der Waals surface area contributed by atoms with E-state index in [0.29, 0.717) is 11.0 Å². The van der Waals surface area contributed by atoms with Crippen molar-refractivity contribution in [2.45, 2.75) is 45.1 Å². The molecule has 0 aromatic heterocycles. The number of hydrogen-bond acceptors (Lipinski definition) is 3. The van der Waals surface area contributed by atoms with Gasteiger partial charge in [0.2, 0.25) is 5.91 Å². The molecule has 0 aromatic rings. The SMILES string of the molecule is CC1CN(C(=O)C2(C(N)=S)CCCCC2)CCN1C. The number of hydrogen-bond donors (Lipinski definition) is 1. The zero-order valence-electron chi connectivity index (χ0n) is 12.0. The summed E-state index contributed by atoms with van der Waals surface area (Å²) >= 11 is 5.25. The summed E-state index contributed by atoms with van der Waals surface area (Å²) in [4.78, 5) is 17.6. The van der Waals surface area contributed by atoms with E-state index in [1.807, 2.05) is 4.90 Å². The Hall–Kier alpha value is -0.680. The summed E-state index contributed by atoms with van der Waals surface area (Å²) in [7, 11) is 2.11. The molecule has 0 bridgehead atoms. The second kappa shape index (κ2) is 5.75. The van der Waals surface area contributed by atoms with Gasteiger partial charge in [-0.2, -0.15) is 0 Å². The Morgan fingerprint density at radius 1 is 1.26 bits per heavy atom. The van der Waals surface area contributed by atoms with Gasteiger partial charge < -0.3 is 15.5 Å². The van der Waals surface area contributed by atoms with Gasteiger partial charge in [0, 0.05) is 25.7 Å². The van der Waals surface area contributed by atoms with Gasteiger partial charge in [0.1, 0.15) is 0 Å². The highest BCUT2D eigenvalue weighted by molar-refractivity contribution is 7.80. The summed E-state index contributed by atoms with van der Waals surface area (Å²) in [6.45, 7) is 4.68. The first-order valence-corrected chi connectivity index (χ1v) is 7.68. The van der Waals surface area contributed by atoms with E-state index in [4.69, 9.17) is 18.0 Å². The van der Waals surface area contributed by atoms with Crippen LogP contribution in [0, 0.1) is 5.41 Å². The van der Waals surface area contributed by atoms with Crippen molar-refractivity contribution in [1.82, 2.24) is 9.80 Å². The van der Waals surface area contributed by atoms with Crippen LogP contribution in [0.15, 0.2) is 0 Å². The quantitative estimate of drug-likeness (QED) is 0.778. The topological polar surface area (TPSA) is 49.6 Å². The molecule has 2 aliphatic rings. The molecule has 0 aromatic carbocycles. The van der Waals surface area contributed by atoms with E-state index in [1.165, 1.54) is 6.42 Å². The summed E-state index contributed by atoms with van der Waals surface area (Å²) in [5, 5.41) is 0. The van der Waals surface area contributed by atoms with Crippen LogP contribution < -0.4 is 5.73 Å². The van der Waals surface area contributed by atoms with Crippen LogP contribution in [0.5, 0.6) is 0 Å². The molecule has 1 aliphatic heterocycles. The second-order valence-corrected chi connectivity index (χ2v) is 6.53. The molecule has 5 heteroatoms. The van der Waals surface area contributed by atoms with Gasteiger partial charge in [0.05, 0.1) is 10.4 Å². The summed E-state index contributed by atoms with van der Waals surface area (Å²) in [6, 6.07) is 0.407. The Kier molecular flexibility index (Phi) is 4.46. The summed E-state index contributed by atoms with van der Waals surface area (Å²) in [5.41, 5.74) is 5.39. The highest BCUT2D eigenvalue weighted by Crippen LogP contribution is 2.38. The van der Waals surface area contributed by atoms with Gasteiger partial charge in [-0.15, -0.1) is 0 Å². The Morgan fingerprint density at radius 3 is 2.42 bits per heavy atom. The smallest absolute Gasteiger partial charge is 0.235 e. The molecule has 19 heavy (non-hydrogen) atoms. The van der Waals surface area contributed by atoms with E-state index in [0.717, 1.165) is 45.3 Å². The van der Waals surface area contributed by atoms with E-state index >= 15 is 0 Å². The largest absolute Gasteiger partial charge is 0.392 e. The third-order valence-corrected chi connectivity index (χ3v) is 5.23. The monoisotopic (exact) mass is 283 g/mol. The molecule has 1 unspecified atom stereocenters. The first-order valence-electron chi connectivity index (χ1n) is 7.27. The predicted molar refractivity (Wildman–Crippen MR) is 81.0 cm³/mol. The maximum absolute atomic E-state index is 12.9. The number of amides is 1. The van der Waals surface area contributed by atoms with Gasteiger partial charge in [0.25, 0.3) is 0 Å². The van der Waals surface area contributed by atoms with Crippen molar-refractivity contribution >= 4 is 23.1 Å². The van der Waals surface area contributed by atoms with Crippen LogP contribution in [0.4, 0.5) is 0 Å². The molecule has 1 saturated heterocycles. The Balaban J connectivity index is 2.14.